The molecule has 2 rings (SSSR count). The fourth-order valence-electron chi connectivity index (χ4n) is 1.59. The molecule has 0 saturated heterocycles. The van der Waals surface area contributed by atoms with Crippen molar-refractivity contribution in [2.75, 3.05) is 5.32 Å². The summed E-state index contributed by atoms with van der Waals surface area (Å²) in [7, 11) is 0. The Morgan fingerprint density at radius 3 is 2.65 bits per heavy atom. The second-order valence-electron chi connectivity index (χ2n) is 3.92. The zero-order valence-electron chi connectivity index (χ0n) is 10.0. The molecular weight excluding hydrogens is 315 g/mol. The van der Waals surface area contributed by atoms with Gasteiger partial charge in [0.1, 0.15) is 6.07 Å². The van der Waals surface area contributed by atoms with Gasteiger partial charge in [0.15, 0.2) is 0 Å². The van der Waals surface area contributed by atoms with Gasteiger partial charge in [-0.25, -0.2) is 0 Å². The molecule has 1 N–H and O–H groups in total. The molecule has 0 bridgehead atoms. The third kappa shape index (κ3) is 3.26. The van der Waals surface area contributed by atoms with Crippen molar-refractivity contribution in [2.24, 2.45) is 0 Å². The van der Waals surface area contributed by atoms with Crippen LogP contribution in [-0.2, 0) is 0 Å². The number of benzene rings is 2. The first-order chi connectivity index (χ1) is 9.51. The molecule has 3 nitrogen and oxygen atoms in total. The van der Waals surface area contributed by atoms with Gasteiger partial charge >= 0.3 is 0 Å². The van der Waals surface area contributed by atoms with E-state index < -0.39 is 5.91 Å². The summed E-state index contributed by atoms with van der Waals surface area (Å²) >= 11 is 16.0. The molecule has 0 fully saturated rings. The highest BCUT2D eigenvalue weighted by molar-refractivity contribution is 7.80. The van der Waals surface area contributed by atoms with E-state index in [1.807, 2.05) is 6.07 Å². The van der Waals surface area contributed by atoms with Crippen molar-refractivity contribution in [3.8, 4) is 6.07 Å². The van der Waals surface area contributed by atoms with Crippen LogP contribution in [0.5, 0.6) is 0 Å². The SMILES string of the molecule is N#Cc1ccc(Cl)cc1NC(=O)c1cc(S)ccc1Cl. The van der Waals surface area contributed by atoms with E-state index >= 15 is 0 Å². The molecule has 0 atom stereocenters. The van der Waals surface area contributed by atoms with Crippen molar-refractivity contribution in [3.63, 3.8) is 0 Å². The van der Waals surface area contributed by atoms with Gasteiger partial charge in [-0.15, -0.1) is 12.6 Å². The van der Waals surface area contributed by atoms with Crippen molar-refractivity contribution < 1.29 is 4.79 Å². The molecular formula is C14H8Cl2N2OS. The van der Waals surface area contributed by atoms with Crippen molar-refractivity contribution in [2.45, 2.75) is 4.90 Å². The molecule has 100 valence electrons. The first kappa shape index (κ1) is 14.7. The highest BCUT2D eigenvalue weighted by Gasteiger charge is 2.13. The Morgan fingerprint density at radius 1 is 1.20 bits per heavy atom. The molecule has 0 unspecified atom stereocenters. The van der Waals surface area contributed by atoms with E-state index in [9.17, 15) is 4.79 Å². The minimum atomic E-state index is -0.426. The lowest BCUT2D eigenvalue weighted by Gasteiger charge is -2.09. The average molecular weight is 323 g/mol. The van der Waals surface area contributed by atoms with Crippen LogP contribution in [0.4, 0.5) is 5.69 Å². The monoisotopic (exact) mass is 322 g/mol. The van der Waals surface area contributed by atoms with E-state index in [1.165, 1.54) is 12.1 Å². The number of amides is 1. The molecule has 2 aromatic carbocycles. The molecule has 0 heterocycles. The van der Waals surface area contributed by atoms with Gasteiger partial charge < -0.3 is 5.32 Å². The van der Waals surface area contributed by atoms with Crippen LogP contribution < -0.4 is 5.32 Å². The van der Waals surface area contributed by atoms with Gasteiger partial charge in [0.25, 0.3) is 5.91 Å². The van der Waals surface area contributed by atoms with Gasteiger partial charge in [0.05, 0.1) is 21.8 Å². The van der Waals surface area contributed by atoms with Crippen LogP contribution in [0.25, 0.3) is 0 Å². The summed E-state index contributed by atoms with van der Waals surface area (Å²) in [6, 6.07) is 11.4. The Morgan fingerprint density at radius 2 is 1.95 bits per heavy atom. The highest BCUT2D eigenvalue weighted by Crippen LogP contribution is 2.24. The lowest BCUT2D eigenvalue weighted by atomic mass is 10.1. The van der Waals surface area contributed by atoms with Crippen molar-refractivity contribution >= 4 is 47.4 Å². The summed E-state index contributed by atoms with van der Waals surface area (Å²) in [5.41, 5.74) is 0.939. The van der Waals surface area contributed by atoms with E-state index in [2.05, 4.69) is 17.9 Å². The average Bonchev–Trinajstić information content (AvgIpc) is 2.41. The minimum Gasteiger partial charge on any atom is -0.321 e. The Hall–Kier alpha value is -1.67. The Kier molecular flexibility index (Phi) is 4.56. The van der Waals surface area contributed by atoms with Gasteiger partial charge in [-0.1, -0.05) is 23.2 Å². The van der Waals surface area contributed by atoms with E-state index in [1.54, 1.807) is 24.3 Å². The third-order valence-corrected chi connectivity index (χ3v) is 3.39. The first-order valence-corrected chi connectivity index (χ1v) is 6.71. The predicted molar refractivity (Wildman–Crippen MR) is 82.8 cm³/mol. The zero-order chi connectivity index (χ0) is 14.7. The van der Waals surface area contributed by atoms with E-state index in [4.69, 9.17) is 28.5 Å². The van der Waals surface area contributed by atoms with Crippen LogP contribution in [0, 0.1) is 11.3 Å². The number of nitriles is 1. The van der Waals surface area contributed by atoms with E-state index in [0.717, 1.165) is 0 Å². The summed E-state index contributed by atoms with van der Waals surface area (Å²) in [4.78, 5) is 12.8. The third-order valence-electron chi connectivity index (χ3n) is 2.54. The Bertz CT molecular complexity index is 726. The molecule has 0 aliphatic rings. The topological polar surface area (TPSA) is 52.9 Å². The molecule has 0 radical (unpaired) electrons. The molecule has 20 heavy (non-hydrogen) atoms. The number of carbonyl (C=O) groups is 1. The van der Waals surface area contributed by atoms with Gasteiger partial charge in [-0.05, 0) is 36.4 Å². The molecule has 0 saturated carbocycles. The maximum absolute atomic E-state index is 12.2. The highest BCUT2D eigenvalue weighted by atomic mass is 35.5. The first-order valence-electron chi connectivity index (χ1n) is 5.51. The molecule has 0 aromatic heterocycles. The van der Waals surface area contributed by atoms with E-state index in [0.29, 0.717) is 26.2 Å². The predicted octanol–water partition coefficient (Wildman–Crippen LogP) is 4.41. The Labute approximate surface area is 131 Å². The van der Waals surface area contributed by atoms with Gasteiger partial charge in [-0.3, -0.25) is 4.79 Å². The summed E-state index contributed by atoms with van der Waals surface area (Å²) in [5, 5.41) is 12.4. The number of carbonyl (C=O) groups excluding carboxylic acids is 1. The summed E-state index contributed by atoms with van der Waals surface area (Å²) in [6.45, 7) is 0. The number of hydrogen-bond donors (Lipinski definition) is 2. The summed E-state index contributed by atoms with van der Waals surface area (Å²) in [6.07, 6.45) is 0. The Balaban J connectivity index is 2.35. The van der Waals surface area contributed by atoms with Crippen LogP contribution in [0.1, 0.15) is 15.9 Å². The van der Waals surface area contributed by atoms with Gasteiger partial charge in [0.2, 0.25) is 0 Å². The molecule has 1 amide bonds. The van der Waals surface area contributed by atoms with E-state index in [-0.39, 0.29) is 5.56 Å². The second kappa shape index (κ2) is 6.19. The lowest BCUT2D eigenvalue weighted by Crippen LogP contribution is -2.13. The molecule has 0 aliphatic carbocycles. The van der Waals surface area contributed by atoms with Gasteiger partial charge in [0, 0.05) is 9.92 Å². The summed E-state index contributed by atoms with van der Waals surface area (Å²) in [5.74, 6) is -0.426. The number of anilines is 1. The van der Waals surface area contributed by atoms with Crippen molar-refractivity contribution in [1.82, 2.24) is 0 Å². The lowest BCUT2D eigenvalue weighted by molar-refractivity contribution is 0.102. The number of nitrogens with zero attached hydrogens (tertiary/aromatic N) is 1. The quantitative estimate of drug-likeness (QED) is 0.805. The fourth-order valence-corrected chi connectivity index (χ4v) is 2.17. The summed E-state index contributed by atoms with van der Waals surface area (Å²) < 4.78 is 0. The zero-order valence-corrected chi connectivity index (χ0v) is 12.4. The van der Waals surface area contributed by atoms with Crippen LogP contribution in [0.3, 0.4) is 0 Å². The molecule has 0 spiro atoms. The number of halogens is 2. The fraction of sp³-hybridized carbons (Fsp3) is 0. The van der Waals surface area contributed by atoms with Crippen molar-refractivity contribution in [1.29, 1.82) is 5.26 Å². The standard InChI is InChI=1S/C14H8Cl2N2OS/c15-9-2-1-8(7-17)13(5-9)18-14(19)11-6-10(20)3-4-12(11)16/h1-6,20H,(H,18,19). The number of nitrogens with one attached hydrogen (secondary N) is 1. The largest absolute Gasteiger partial charge is 0.321 e. The maximum atomic E-state index is 12.2. The van der Waals surface area contributed by atoms with Gasteiger partial charge in [-0.2, -0.15) is 5.26 Å². The molecule has 6 heteroatoms. The normalized spacial score (nSPS) is 9.90. The van der Waals surface area contributed by atoms with Crippen LogP contribution >= 0.6 is 35.8 Å². The minimum absolute atomic E-state index is 0.281. The van der Waals surface area contributed by atoms with Crippen LogP contribution in [0.15, 0.2) is 41.3 Å². The van der Waals surface area contributed by atoms with Crippen molar-refractivity contribution in [3.05, 3.63) is 57.6 Å². The maximum Gasteiger partial charge on any atom is 0.257 e. The number of thiol groups is 1. The second-order valence-corrected chi connectivity index (χ2v) is 5.28. The van der Waals surface area contributed by atoms with Crippen LogP contribution in [0.2, 0.25) is 10.0 Å². The number of hydrogen-bond acceptors (Lipinski definition) is 3. The van der Waals surface area contributed by atoms with Crippen LogP contribution in [-0.4, -0.2) is 5.91 Å². The number of rotatable bonds is 2. The smallest absolute Gasteiger partial charge is 0.257 e. The molecule has 0 aliphatic heterocycles. The molecule has 2 aromatic rings.